The highest BCUT2D eigenvalue weighted by atomic mass is 16.5. The van der Waals surface area contributed by atoms with Crippen molar-refractivity contribution in [3.05, 3.63) is 100 Å². The van der Waals surface area contributed by atoms with Gasteiger partial charge in [-0.3, -0.25) is 10.1 Å². The number of aliphatic hydroxyl groups excluding tert-OH is 1. The lowest BCUT2D eigenvalue weighted by atomic mass is 9.68. The number of hydrogen-bond donors (Lipinski definition) is 2. The molecule has 1 saturated carbocycles. The molecule has 1 heterocycles. The Hall–Kier alpha value is -3.19. The molecule has 0 spiro atoms. The molecule has 3 aromatic carbocycles. The zero-order chi connectivity index (χ0) is 27.2. The smallest absolute Gasteiger partial charge is 0.228 e. The van der Waals surface area contributed by atoms with E-state index in [2.05, 4.69) is 56.4 Å². The van der Waals surface area contributed by atoms with Crippen LogP contribution in [0.25, 0.3) is 0 Å². The van der Waals surface area contributed by atoms with Gasteiger partial charge in [0.1, 0.15) is 11.3 Å². The standard InChI is InChI=1S/C32H38N2O4/c1-20-12-14-24(15-13-20)32-28(23-10-8-7-9-11-23)26(30(36)34(4)5)29(35)31(32,33-16-17-37-6)27-22(3)18-21(2)19-25(27)38-32/h7-15,18-19,26,28-29,33,35H,16-17H2,1-6H3/t26-,28-,29-,31+,32+/m1/s1. The molecule has 38 heavy (non-hydrogen) atoms. The second-order valence-corrected chi connectivity index (χ2v) is 11.0. The molecule has 5 rings (SSSR count). The number of carbonyl (C=O) groups excluding carboxylic acids is 1. The van der Waals surface area contributed by atoms with Crippen LogP contribution in [0.5, 0.6) is 5.75 Å². The summed E-state index contributed by atoms with van der Waals surface area (Å²) in [6.45, 7) is 7.09. The van der Waals surface area contributed by atoms with Gasteiger partial charge >= 0.3 is 0 Å². The lowest BCUT2D eigenvalue weighted by Crippen LogP contribution is -2.61. The summed E-state index contributed by atoms with van der Waals surface area (Å²) in [5.41, 5.74) is 3.79. The van der Waals surface area contributed by atoms with Gasteiger partial charge < -0.3 is 19.5 Å². The lowest BCUT2D eigenvalue weighted by molar-refractivity contribution is -0.137. The van der Waals surface area contributed by atoms with Crippen LogP contribution in [0, 0.1) is 26.7 Å². The van der Waals surface area contributed by atoms with Gasteiger partial charge in [-0.2, -0.15) is 0 Å². The van der Waals surface area contributed by atoms with Gasteiger partial charge in [-0.15, -0.1) is 0 Å². The van der Waals surface area contributed by atoms with E-state index in [1.807, 2.05) is 36.4 Å². The van der Waals surface area contributed by atoms with E-state index in [-0.39, 0.29) is 5.91 Å². The summed E-state index contributed by atoms with van der Waals surface area (Å²) in [6, 6.07) is 22.5. The molecule has 1 aliphatic heterocycles. The van der Waals surface area contributed by atoms with Gasteiger partial charge in [-0.1, -0.05) is 66.2 Å². The number of hydrogen-bond acceptors (Lipinski definition) is 5. The largest absolute Gasteiger partial charge is 0.479 e. The maximum absolute atomic E-state index is 14.0. The molecule has 0 aromatic heterocycles. The van der Waals surface area contributed by atoms with Gasteiger partial charge in [0, 0.05) is 39.2 Å². The average Bonchev–Trinajstić information content (AvgIpc) is 3.29. The number of methoxy groups -OCH3 is 1. The zero-order valence-corrected chi connectivity index (χ0v) is 23.1. The Morgan fingerprint density at radius 1 is 1.03 bits per heavy atom. The number of fused-ring (bicyclic) bond motifs is 3. The van der Waals surface area contributed by atoms with Crippen molar-refractivity contribution in [2.45, 2.75) is 43.9 Å². The first-order valence-corrected chi connectivity index (χ1v) is 13.2. The SMILES string of the molecule is COCCN[C@]12c3c(C)cc(C)cc3O[C@@]1(c1ccc(C)cc1)[C@H](c1ccccc1)[C@@H](C(=O)N(C)C)[C@H]2O. The predicted octanol–water partition coefficient (Wildman–Crippen LogP) is 4.19. The normalized spacial score (nSPS) is 27.5. The summed E-state index contributed by atoms with van der Waals surface area (Å²) in [7, 11) is 5.16. The molecule has 0 radical (unpaired) electrons. The maximum Gasteiger partial charge on any atom is 0.228 e. The van der Waals surface area contributed by atoms with Gasteiger partial charge in [0.25, 0.3) is 0 Å². The number of aliphatic hydroxyl groups is 1. The third-order valence-corrected chi connectivity index (χ3v) is 8.35. The molecule has 2 aliphatic rings. The van der Waals surface area contributed by atoms with E-state index >= 15 is 0 Å². The van der Waals surface area contributed by atoms with Crippen molar-refractivity contribution in [3.63, 3.8) is 0 Å². The molecule has 2 N–H and O–H groups in total. The Labute approximate surface area is 225 Å². The third-order valence-electron chi connectivity index (χ3n) is 8.35. The lowest BCUT2D eigenvalue weighted by Gasteiger charge is -2.45. The van der Waals surface area contributed by atoms with E-state index in [9.17, 15) is 9.90 Å². The number of carbonyl (C=O) groups is 1. The Balaban J connectivity index is 1.91. The maximum atomic E-state index is 14.0. The van der Waals surface area contributed by atoms with Crippen LogP contribution in [-0.2, 0) is 20.7 Å². The van der Waals surface area contributed by atoms with Crippen LogP contribution >= 0.6 is 0 Å². The number of nitrogens with one attached hydrogen (secondary N) is 1. The van der Waals surface area contributed by atoms with Crippen LogP contribution in [0.2, 0.25) is 0 Å². The monoisotopic (exact) mass is 514 g/mol. The highest BCUT2D eigenvalue weighted by molar-refractivity contribution is 5.83. The Morgan fingerprint density at radius 3 is 2.34 bits per heavy atom. The minimum Gasteiger partial charge on any atom is -0.479 e. The highest BCUT2D eigenvalue weighted by Gasteiger charge is 2.77. The van der Waals surface area contributed by atoms with E-state index in [1.165, 1.54) is 0 Å². The molecule has 1 aliphatic carbocycles. The van der Waals surface area contributed by atoms with Gasteiger partial charge in [-0.25, -0.2) is 0 Å². The van der Waals surface area contributed by atoms with Gasteiger partial charge in [-0.05, 0) is 49.1 Å². The Morgan fingerprint density at radius 2 is 1.71 bits per heavy atom. The quantitative estimate of drug-likeness (QED) is 0.463. The third kappa shape index (κ3) is 3.69. The molecule has 0 saturated heterocycles. The van der Waals surface area contributed by atoms with E-state index in [0.717, 1.165) is 39.1 Å². The zero-order valence-electron chi connectivity index (χ0n) is 23.1. The fourth-order valence-electron chi connectivity index (χ4n) is 6.95. The van der Waals surface area contributed by atoms with E-state index in [1.54, 1.807) is 26.1 Å². The number of nitrogens with zero attached hydrogens (tertiary/aromatic N) is 1. The molecular formula is C32H38N2O4. The first-order valence-electron chi connectivity index (χ1n) is 13.2. The van der Waals surface area contributed by atoms with Crippen molar-refractivity contribution in [1.82, 2.24) is 10.2 Å². The van der Waals surface area contributed by atoms with Gasteiger partial charge in [0.2, 0.25) is 5.91 Å². The van der Waals surface area contributed by atoms with E-state index in [4.69, 9.17) is 9.47 Å². The van der Waals surface area contributed by atoms with Crippen LogP contribution in [-0.4, -0.2) is 56.4 Å². The van der Waals surface area contributed by atoms with Crippen molar-refractivity contribution in [1.29, 1.82) is 0 Å². The summed E-state index contributed by atoms with van der Waals surface area (Å²) >= 11 is 0. The number of ether oxygens (including phenoxy) is 2. The second kappa shape index (κ2) is 9.84. The molecule has 3 aromatic rings. The molecule has 200 valence electrons. The van der Waals surface area contributed by atoms with Crippen LogP contribution in [0.4, 0.5) is 0 Å². The summed E-state index contributed by atoms with van der Waals surface area (Å²) < 4.78 is 12.6. The minimum absolute atomic E-state index is 0.130. The number of amides is 1. The molecule has 6 nitrogen and oxygen atoms in total. The van der Waals surface area contributed by atoms with Gasteiger partial charge in [0.05, 0.1) is 18.6 Å². The minimum atomic E-state index is -1.11. The summed E-state index contributed by atoms with van der Waals surface area (Å²) in [5, 5.41) is 16.3. The number of benzene rings is 3. The van der Waals surface area contributed by atoms with Gasteiger partial charge in [0.15, 0.2) is 5.60 Å². The Kier molecular flexibility index (Phi) is 6.84. The molecule has 0 bridgehead atoms. The summed E-state index contributed by atoms with van der Waals surface area (Å²) in [5.74, 6) is -0.616. The molecule has 5 atom stereocenters. The molecule has 1 fully saturated rings. The second-order valence-electron chi connectivity index (χ2n) is 11.0. The number of rotatable bonds is 7. The van der Waals surface area contributed by atoms with Crippen molar-refractivity contribution < 1.29 is 19.4 Å². The average molecular weight is 515 g/mol. The Bertz CT molecular complexity index is 1320. The molecule has 1 amide bonds. The van der Waals surface area contributed by atoms with E-state index < -0.39 is 29.1 Å². The molecular weight excluding hydrogens is 476 g/mol. The highest BCUT2D eigenvalue weighted by Crippen LogP contribution is 2.69. The summed E-state index contributed by atoms with van der Waals surface area (Å²) in [4.78, 5) is 15.6. The first-order chi connectivity index (χ1) is 18.2. The van der Waals surface area contributed by atoms with Crippen molar-refractivity contribution in [3.8, 4) is 5.75 Å². The van der Waals surface area contributed by atoms with Crippen LogP contribution < -0.4 is 10.1 Å². The van der Waals surface area contributed by atoms with Crippen LogP contribution in [0.1, 0.15) is 39.3 Å². The number of aryl methyl sites for hydroxylation is 3. The van der Waals surface area contributed by atoms with Crippen molar-refractivity contribution in [2.75, 3.05) is 34.4 Å². The first kappa shape index (κ1) is 26.4. The molecule has 6 heteroatoms. The summed E-state index contributed by atoms with van der Waals surface area (Å²) in [6.07, 6.45) is -1.08. The van der Waals surface area contributed by atoms with E-state index in [0.29, 0.717) is 13.2 Å². The van der Waals surface area contributed by atoms with Crippen LogP contribution in [0.3, 0.4) is 0 Å². The van der Waals surface area contributed by atoms with Crippen LogP contribution in [0.15, 0.2) is 66.7 Å². The topological polar surface area (TPSA) is 71.0 Å². The van der Waals surface area contributed by atoms with Crippen molar-refractivity contribution in [2.24, 2.45) is 5.92 Å². The fourth-order valence-corrected chi connectivity index (χ4v) is 6.95. The fraction of sp³-hybridized carbons (Fsp3) is 0.406. The predicted molar refractivity (Wildman–Crippen MR) is 148 cm³/mol. The van der Waals surface area contributed by atoms with Crippen molar-refractivity contribution >= 4 is 5.91 Å². The molecule has 0 unspecified atom stereocenters.